The van der Waals surface area contributed by atoms with Gasteiger partial charge in [-0.2, -0.15) is 4.98 Å². The van der Waals surface area contributed by atoms with Crippen LogP contribution in [-0.4, -0.2) is 27.5 Å². The second kappa shape index (κ2) is 5.76. The molecule has 1 atom stereocenters. The van der Waals surface area contributed by atoms with Gasteiger partial charge in [0, 0.05) is 53.1 Å². The van der Waals surface area contributed by atoms with Gasteiger partial charge in [-0.3, -0.25) is 0 Å². The number of anilines is 3. The predicted molar refractivity (Wildman–Crippen MR) is 102 cm³/mol. The van der Waals surface area contributed by atoms with E-state index in [-0.39, 0.29) is 0 Å². The number of hydrogen-bond donors (Lipinski definition) is 2. The molecule has 25 heavy (non-hydrogen) atoms. The Morgan fingerprint density at radius 1 is 1.20 bits per heavy atom. The molecule has 5 heteroatoms. The van der Waals surface area contributed by atoms with Gasteiger partial charge in [0.25, 0.3) is 0 Å². The van der Waals surface area contributed by atoms with Crippen LogP contribution in [0.5, 0.6) is 0 Å². The lowest BCUT2D eigenvalue weighted by Gasteiger charge is -2.26. The van der Waals surface area contributed by atoms with E-state index >= 15 is 0 Å². The summed E-state index contributed by atoms with van der Waals surface area (Å²) in [6, 6.07) is 9.00. The van der Waals surface area contributed by atoms with Crippen LogP contribution in [0, 0.1) is 0 Å². The van der Waals surface area contributed by atoms with E-state index in [1.165, 1.54) is 36.6 Å². The summed E-state index contributed by atoms with van der Waals surface area (Å²) in [5.74, 6) is 2.34. The minimum atomic E-state index is 0.515. The zero-order valence-corrected chi connectivity index (χ0v) is 14.5. The summed E-state index contributed by atoms with van der Waals surface area (Å²) in [4.78, 5) is 15.2. The summed E-state index contributed by atoms with van der Waals surface area (Å²) in [6.07, 6.45) is 9.25. The standard InChI is InChI=1S/C20H23N5/c1-13-12-25(16-4-2-3-5-16)19-17(13)11-22-20(24-19)23-15-6-7-18-14(10-15)8-9-21-18/h6-11,13,16,21H,2-5,12H2,1H3,(H,22,23,24). The summed E-state index contributed by atoms with van der Waals surface area (Å²) in [5, 5.41) is 4.57. The van der Waals surface area contributed by atoms with Gasteiger partial charge in [0.2, 0.25) is 5.95 Å². The lowest BCUT2D eigenvalue weighted by molar-refractivity contribution is 0.600. The fourth-order valence-electron chi connectivity index (χ4n) is 4.30. The van der Waals surface area contributed by atoms with E-state index in [2.05, 4.69) is 51.4 Å². The number of aromatic nitrogens is 3. The van der Waals surface area contributed by atoms with Crippen LogP contribution in [-0.2, 0) is 0 Å². The van der Waals surface area contributed by atoms with Crippen LogP contribution in [0.3, 0.4) is 0 Å². The molecule has 2 N–H and O–H groups in total. The third-order valence-corrected chi connectivity index (χ3v) is 5.64. The fourth-order valence-corrected chi connectivity index (χ4v) is 4.30. The van der Waals surface area contributed by atoms with E-state index in [9.17, 15) is 0 Å². The molecule has 3 aromatic rings. The van der Waals surface area contributed by atoms with Crippen molar-refractivity contribution in [3.8, 4) is 0 Å². The molecule has 0 saturated heterocycles. The van der Waals surface area contributed by atoms with Crippen molar-refractivity contribution in [3.63, 3.8) is 0 Å². The smallest absolute Gasteiger partial charge is 0.229 e. The minimum Gasteiger partial charge on any atom is -0.361 e. The Balaban J connectivity index is 1.45. The van der Waals surface area contributed by atoms with Gasteiger partial charge in [-0.15, -0.1) is 0 Å². The summed E-state index contributed by atoms with van der Waals surface area (Å²) < 4.78 is 0. The molecule has 0 radical (unpaired) electrons. The molecular weight excluding hydrogens is 310 g/mol. The average Bonchev–Trinajstić information content (AvgIpc) is 3.34. The van der Waals surface area contributed by atoms with Crippen molar-refractivity contribution in [2.45, 2.75) is 44.6 Å². The lowest BCUT2D eigenvalue weighted by Crippen LogP contribution is -2.32. The van der Waals surface area contributed by atoms with Crippen LogP contribution in [0.4, 0.5) is 17.5 Å². The van der Waals surface area contributed by atoms with E-state index in [0.717, 1.165) is 23.6 Å². The molecule has 128 valence electrons. The van der Waals surface area contributed by atoms with Crippen LogP contribution < -0.4 is 10.2 Å². The second-order valence-corrected chi connectivity index (χ2v) is 7.37. The Morgan fingerprint density at radius 2 is 2.08 bits per heavy atom. The largest absolute Gasteiger partial charge is 0.361 e. The lowest BCUT2D eigenvalue weighted by atomic mass is 10.1. The summed E-state index contributed by atoms with van der Waals surface area (Å²) >= 11 is 0. The van der Waals surface area contributed by atoms with Crippen molar-refractivity contribution in [3.05, 3.63) is 42.2 Å². The molecule has 1 aromatic carbocycles. The van der Waals surface area contributed by atoms with Crippen LogP contribution in [0.2, 0.25) is 0 Å². The predicted octanol–water partition coefficient (Wildman–Crippen LogP) is 4.57. The minimum absolute atomic E-state index is 0.515. The van der Waals surface area contributed by atoms with Crippen molar-refractivity contribution in [2.24, 2.45) is 0 Å². The summed E-state index contributed by atoms with van der Waals surface area (Å²) in [6.45, 7) is 3.36. The molecule has 5 rings (SSSR count). The highest BCUT2D eigenvalue weighted by Gasteiger charge is 2.33. The number of H-pyrrole nitrogens is 1. The molecule has 0 amide bonds. The van der Waals surface area contributed by atoms with E-state index in [0.29, 0.717) is 17.9 Å². The number of aromatic amines is 1. The van der Waals surface area contributed by atoms with Crippen molar-refractivity contribution in [2.75, 3.05) is 16.8 Å². The molecule has 2 aliphatic rings. The van der Waals surface area contributed by atoms with Crippen molar-refractivity contribution >= 4 is 28.4 Å². The average molecular weight is 333 g/mol. The normalized spacial score (nSPS) is 20.4. The quantitative estimate of drug-likeness (QED) is 0.737. The maximum absolute atomic E-state index is 4.89. The molecule has 1 saturated carbocycles. The van der Waals surface area contributed by atoms with Gasteiger partial charge in [-0.25, -0.2) is 4.98 Å². The molecule has 1 aliphatic heterocycles. The molecular formula is C20H23N5. The van der Waals surface area contributed by atoms with E-state index in [1.54, 1.807) is 0 Å². The van der Waals surface area contributed by atoms with Crippen LogP contribution in [0.1, 0.15) is 44.1 Å². The molecule has 0 spiro atoms. The SMILES string of the molecule is CC1CN(C2CCCC2)c2nc(Nc3ccc4[nH]ccc4c3)ncc21. The first-order chi connectivity index (χ1) is 12.3. The van der Waals surface area contributed by atoms with Crippen LogP contribution >= 0.6 is 0 Å². The van der Waals surface area contributed by atoms with Gasteiger partial charge in [-0.1, -0.05) is 19.8 Å². The van der Waals surface area contributed by atoms with Crippen molar-refractivity contribution in [1.82, 2.24) is 15.0 Å². The van der Waals surface area contributed by atoms with Crippen molar-refractivity contribution in [1.29, 1.82) is 0 Å². The molecule has 0 bridgehead atoms. The second-order valence-electron chi connectivity index (χ2n) is 7.37. The Labute approximate surface area is 147 Å². The number of rotatable bonds is 3. The molecule has 5 nitrogen and oxygen atoms in total. The highest BCUT2D eigenvalue weighted by molar-refractivity contribution is 5.83. The van der Waals surface area contributed by atoms with Crippen LogP contribution in [0.15, 0.2) is 36.7 Å². The number of fused-ring (bicyclic) bond motifs is 2. The molecule has 1 fully saturated rings. The Hall–Kier alpha value is -2.56. The van der Waals surface area contributed by atoms with E-state index in [1.807, 2.05) is 12.4 Å². The topological polar surface area (TPSA) is 56.8 Å². The Bertz CT molecular complexity index is 909. The van der Waals surface area contributed by atoms with E-state index in [4.69, 9.17) is 4.98 Å². The fraction of sp³-hybridized carbons (Fsp3) is 0.400. The first-order valence-corrected chi connectivity index (χ1v) is 9.26. The first kappa shape index (κ1) is 14.8. The van der Waals surface area contributed by atoms with E-state index < -0.39 is 0 Å². The zero-order chi connectivity index (χ0) is 16.8. The number of nitrogens with zero attached hydrogens (tertiary/aromatic N) is 3. The number of benzene rings is 1. The summed E-state index contributed by atoms with van der Waals surface area (Å²) in [5.41, 5.74) is 3.45. The van der Waals surface area contributed by atoms with Gasteiger partial charge < -0.3 is 15.2 Å². The Morgan fingerprint density at radius 3 is 2.96 bits per heavy atom. The third kappa shape index (κ3) is 2.54. The number of nitrogens with one attached hydrogen (secondary N) is 2. The maximum Gasteiger partial charge on any atom is 0.229 e. The third-order valence-electron chi connectivity index (χ3n) is 5.64. The maximum atomic E-state index is 4.89. The van der Waals surface area contributed by atoms with Gasteiger partial charge in [0.05, 0.1) is 0 Å². The molecule has 1 unspecified atom stereocenters. The highest BCUT2D eigenvalue weighted by Crippen LogP contribution is 2.39. The van der Waals surface area contributed by atoms with Crippen molar-refractivity contribution < 1.29 is 0 Å². The molecule has 3 heterocycles. The molecule has 2 aromatic heterocycles. The van der Waals surface area contributed by atoms with Gasteiger partial charge >= 0.3 is 0 Å². The summed E-state index contributed by atoms with van der Waals surface area (Å²) in [7, 11) is 0. The van der Waals surface area contributed by atoms with Gasteiger partial charge in [-0.05, 0) is 37.1 Å². The molecule has 1 aliphatic carbocycles. The Kier molecular flexibility index (Phi) is 3.40. The monoisotopic (exact) mass is 333 g/mol. The number of hydrogen-bond acceptors (Lipinski definition) is 4. The van der Waals surface area contributed by atoms with Gasteiger partial charge in [0.1, 0.15) is 5.82 Å². The van der Waals surface area contributed by atoms with Crippen LogP contribution in [0.25, 0.3) is 10.9 Å². The highest BCUT2D eigenvalue weighted by atomic mass is 15.3. The zero-order valence-electron chi connectivity index (χ0n) is 14.5. The van der Waals surface area contributed by atoms with Gasteiger partial charge in [0.15, 0.2) is 0 Å². The first-order valence-electron chi connectivity index (χ1n) is 9.26.